The number of likely N-dealkylation sites (N-methyl/N-ethyl adjacent to an activating group) is 1. The Balaban J connectivity index is 1.99. The van der Waals surface area contributed by atoms with Crippen LogP contribution >= 0.6 is 0 Å². The first kappa shape index (κ1) is 13.9. The van der Waals surface area contributed by atoms with Crippen LogP contribution in [0.25, 0.3) is 0 Å². The number of carboxylic acids is 1. The van der Waals surface area contributed by atoms with Gasteiger partial charge in [0.05, 0.1) is 6.10 Å². The molecule has 1 aliphatic rings. The number of benzene rings is 1. The maximum atomic E-state index is 10.9. The van der Waals surface area contributed by atoms with Crippen molar-refractivity contribution in [2.45, 2.75) is 38.9 Å². The number of carbonyl (C=O) groups is 1. The van der Waals surface area contributed by atoms with E-state index in [0.29, 0.717) is 6.42 Å². The Morgan fingerprint density at radius 2 is 2.26 bits per heavy atom. The van der Waals surface area contributed by atoms with E-state index >= 15 is 0 Å². The largest absolute Gasteiger partial charge is 0.479 e. The van der Waals surface area contributed by atoms with Crippen LogP contribution in [-0.2, 0) is 9.53 Å². The van der Waals surface area contributed by atoms with Gasteiger partial charge in [-0.3, -0.25) is 0 Å². The molecule has 0 spiro atoms. The van der Waals surface area contributed by atoms with E-state index in [2.05, 4.69) is 36.9 Å². The van der Waals surface area contributed by atoms with Gasteiger partial charge in [0.1, 0.15) is 0 Å². The summed E-state index contributed by atoms with van der Waals surface area (Å²) in [5, 5.41) is 8.94. The number of hydrogen-bond donors (Lipinski definition) is 1. The lowest BCUT2D eigenvalue weighted by molar-refractivity contribution is -0.149. The zero-order valence-corrected chi connectivity index (χ0v) is 11.5. The topological polar surface area (TPSA) is 49.8 Å². The molecule has 2 unspecified atom stereocenters. The maximum absolute atomic E-state index is 10.9. The van der Waals surface area contributed by atoms with Crippen LogP contribution in [0.1, 0.15) is 25.3 Å². The van der Waals surface area contributed by atoms with Gasteiger partial charge in [0, 0.05) is 18.8 Å². The molecule has 0 aliphatic carbocycles. The molecule has 4 heteroatoms. The zero-order valence-electron chi connectivity index (χ0n) is 11.5. The minimum Gasteiger partial charge on any atom is -0.479 e. The predicted molar refractivity (Wildman–Crippen MR) is 74.6 cm³/mol. The molecule has 1 fully saturated rings. The second kappa shape index (κ2) is 6.06. The van der Waals surface area contributed by atoms with E-state index in [1.54, 1.807) is 0 Å². The molecule has 1 saturated heterocycles. The van der Waals surface area contributed by atoms with Crippen molar-refractivity contribution < 1.29 is 14.6 Å². The Morgan fingerprint density at radius 3 is 2.84 bits per heavy atom. The van der Waals surface area contributed by atoms with Crippen molar-refractivity contribution in [1.82, 2.24) is 0 Å². The molecule has 1 heterocycles. The van der Waals surface area contributed by atoms with E-state index in [1.165, 1.54) is 11.3 Å². The number of carboxylic acid groups (broad SMARTS) is 1. The third-order valence-corrected chi connectivity index (χ3v) is 3.56. The highest BCUT2D eigenvalue weighted by molar-refractivity contribution is 5.72. The number of aryl methyl sites for hydroxylation is 1. The van der Waals surface area contributed by atoms with Gasteiger partial charge >= 0.3 is 5.97 Å². The van der Waals surface area contributed by atoms with Gasteiger partial charge in [0.25, 0.3) is 0 Å². The normalized spacial score (nSPS) is 22.4. The van der Waals surface area contributed by atoms with Gasteiger partial charge in [-0.2, -0.15) is 0 Å². The lowest BCUT2D eigenvalue weighted by Gasteiger charge is -2.26. The number of hydrogen-bond acceptors (Lipinski definition) is 3. The van der Waals surface area contributed by atoms with Crippen LogP contribution < -0.4 is 4.90 Å². The quantitative estimate of drug-likeness (QED) is 0.886. The van der Waals surface area contributed by atoms with E-state index in [1.807, 2.05) is 6.07 Å². The van der Waals surface area contributed by atoms with Crippen LogP contribution in [0, 0.1) is 6.92 Å². The molecule has 104 valence electrons. The second-order valence-electron chi connectivity index (χ2n) is 5.04. The van der Waals surface area contributed by atoms with Crippen molar-refractivity contribution in [1.29, 1.82) is 0 Å². The van der Waals surface area contributed by atoms with Crippen molar-refractivity contribution >= 4 is 11.7 Å². The Kier molecular flexibility index (Phi) is 4.43. The SMILES string of the molecule is CCN(CC1CCC(C(=O)O)O1)c1cccc(C)c1. The van der Waals surface area contributed by atoms with Crippen LogP contribution in [0.3, 0.4) is 0 Å². The molecular formula is C15H21NO3. The smallest absolute Gasteiger partial charge is 0.332 e. The molecule has 1 aliphatic heterocycles. The van der Waals surface area contributed by atoms with Crippen molar-refractivity contribution in [3.8, 4) is 0 Å². The monoisotopic (exact) mass is 263 g/mol. The fraction of sp³-hybridized carbons (Fsp3) is 0.533. The van der Waals surface area contributed by atoms with Gasteiger partial charge in [0.2, 0.25) is 0 Å². The Morgan fingerprint density at radius 1 is 1.47 bits per heavy atom. The molecule has 0 saturated carbocycles. The van der Waals surface area contributed by atoms with Crippen LogP contribution in [0.5, 0.6) is 0 Å². The van der Waals surface area contributed by atoms with Crippen LogP contribution in [-0.4, -0.2) is 36.4 Å². The Labute approximate surface area is 114 Å². The molecule has 1 aromatic carbocycles. The molecule has 0 aromatic heterocycles. The minimum atomic E-state index is -0.846. The fourth-order valence-electron chi connectivity index (χ4n) is 2.51. The first-order valence-corrected chi connectivity index (χ1v) is 6.80. The average Bonchev–Trinajstić information content (AvgIpc) is 2.84. The summed E-state index contributed by atoms with van der Waals surface area (Å²) in [6.07, 6.45) is 0.827. The van der Waals surface area contributed by atoms with E-state index < -0.39 is 12.1 Å². The van der Waals surface area contributed by atoms with Gasteiger partial charge in [-0.1, -0.05) is 12.1 Å². The van der Waals surface area contributed by atoms with Crippen molar-refractivity contribution in [3.63, 3.8) is 0 Å². The van der Waals surface area contributed by atoms with Crippen LogP contribution in [0.4, 0.5) is 5.69 Å². The average molecular weight is 263 g/mol. The Bertz CT molecular complexity index is 447. The zero-order chi connectivity index (χ0) is 13.8. The third-order valence-electron chi connectivity index (χ3n) is 3.56. The Hall–Kier alpha value is -1.55. The summed E-state index contributed by atoms with van der Waals surface area (Å²) in [4.78, 5) is 13.1. The predicted octanol–water partition coefficient (Wildman–Crippen LogP) is 2.45. The molecule has 19 heavy (non-hydrogen) atoms. The summed E-state index contributed by atoms with van der Waals surface area (Å²) in [6.45, 7) is 5.82. The lowest BCUT2D eigenvalue weighted by Crippen LogP contribution is -2.33. The molecule has 2 rings (SSSR count). The van der Waals surface area contributed by atoms with Crippen molar-refractivity contribution in [2.24, 2.45) is 0 Å². The van der Waals surface area contributed by atoms with Crippen molar-refractivity contribution in [2.75, 3.05) is 18.0 Å². The van der Waals surface area contributed by atoms with Gasteiger partial charge in [-0.25, -0.2) is 4.79 Å². The summed E-state index contributed by atoms with van der Waals surface area (Å²) >= 11 is 0. The first-order valence-electron chi connectivity index (χ1n) is 6.80. The minimum absolute atomic E-state index is 0.0153. The summed E-state index contributed by atoms with van der Waals surface area (Å²) in [6, 6.07) is 8.35. The van der Waals surface area contributed by atoms with Crippen LogP contribution in [0.15, 0.2) is 24.3 Å². The van der Waals surface area contributed by atoms with Gasteiger partial charge < -0.3 is 14.7 Å². The van der Waals surface area contributed by atoms with E-state index in [-0.39, 0.29) is 6.10 Å². The number of rotatable bonds is 5. The first-order chi connectivity index (χ1) is 9.10. The summed E-state index contributed by atoms with van der Waals surface area (Å²) < 4.78 is 5.57. The van der Waals surface area contributed by atoms with Gasteiger partial charge in [0.15, 0.2) is 6.10 Å². The highest BCUT2D eigenvalue weighted by Gasteiger charge is 2.31. The molecular weight excluding hydrogens is 242 g/mol. The number of ether oxygens (including phenoxy) is 1. The molecule has 4 nitrogen and oxygen atoms in total. The number of nitrogens with zero attached hydrogens (tertiary/aromatic N) is 1. The molecule has 0 bridgehead atoms. The van der Waals surface area contributed by atoms with Gasteiger partial charge in [-0.05, 0) is 44.4 Å². The number of aliphatic carboxylic acids is 1. The maximum Gasteiger partial charge on any atom is 0.332 e. The summed E-state index contributed by atoms with van der Waals surface area (Å²) in [7, 11) is 0. The van der Waals surface area contributed by atoms with E-state index in [9.17, 15) is 4.79 Å². The highest BCUT2D eigenvalue weighted by Crippen LogP contribution is 2.23. The molecule has 0 radical (unpaired) electrons. The highest BCUT2D eigenvalue weighted by atomic mass is 16.5. The lowest BCUT2D eigenvalue weighted by atomic mass is 10.1. The van der Waals surface area contributed by atoms with Crippen molar-refractivity contribution in [3.05, 3.63) is 29.8 Å². The fourth-order valence-corrected chi connectivity index (χ4v) is 2.51. The molecule has 1 N–H and O–H groups in total. The summed E-state index contributed by atoms with van der Waals surface area (Å²) in [5.74, 6) is -0.846. The van der Waals surface area contributed by atoms with E-state index in [0.717, 1.165) is 19.5 Å². The standard InChI is InChI=1S/C15H21NO3/c1-3-16(12-6-4-5-11(2)9-12)10-13-7-8-14(19-13)15(17)18/h4-6,9,13-14H,3,7-8,10H2,1-2H3,(H,17,18). The molecule has 2 atom stereocenters. The molecule has 0 amide bonds. The third kappa shape index (κ3) is 3.47. The second-order valence-corrected chi connectivity index (χ2v) is 5.04. The number of anilines is 1. The molecule has 1 aromatic rings. The van der Waals surface area contributed by atoms with Crippen LogP contribution in [0.2, 0.25) is 0 Å². The van der Waals surface area contributed by atoms with E-state index in [4.69, 9.17) is 9.84 Å². The van der Waals surface area contributed by atoms with Gasteiger partial charge in [-0.15, -0.1) is 0 Å². The summed E-state index contributed by atoms with van der Waals surface area (Å²) in [5.41, 5.74) is 2.40.